The number of aryl methyl sites for hydroxylation is 2. The van der Waals surface area contributed by atoms with Gasteiger partial charge in [0.15, 0.2) is 5.78 Å². The van der Waals surface area contributed by atoms with Crippen LogP contribution in [0.3, 0.4) is 0 Å². The van der Waals surface area contributed by atoms with E-state index in [2.05, 4.69) is 134 Å². The van der Waals surface area contributed by atoms with Gasteiger partial charge in [0.1, 0.15) is 0 Å². The molecule has 0 fully saturated rings. The first-order valence-electron chi connectivity index (χ1n) is 24.1. The van der Waals surface area contributed by atoms with Crippen molar-refractivity contribution in [1.82, 2.24) is 0 Å². The number of hydrogen-bond acceptors (Lipinski definition) is 7. The molecule has 1 aromatic carbocycles. The monoisotopic (exact) mass is 940 g/mol. The van der Waals surface area contributed by atoms with Crippen LogP contribution in [-0.4, -0.2) is 5.78 Å². The van der Waals surface area contributed by atoms with Crippen LogP contribution in [0.4, 0.5) is 0 Å². The van der Waals surface area contributed by atoms with Crippen molar-refractivity contribution in [2.75, 3.05) is 0 Å². The minimum absolute atomic E-state index is 0.0982. The van der Waals surface area contributed by atoms with E-state index in [1.165, 1.54) is 144 Å². The lowest BCUT2D eigenvalue weighted by atomic mass is 9.91. The third kappa shape index (κ3) is 10.6. The van der Waals surface area contributed by atoms with E-state index in [0.717, 1.165) is 24.1 Å². The fourth-order valence-electron chi connectivity index (χ4n) is 9.00. The van der Waals surface area contributed by atoms with Crippen molar-refractivity contribution < 1.29 is 4.79 Å². The highest BCUT2D eigenvalue weighted by molar-refractivity contribution is 7.34. The van der Waals surface area contributed by atoms with Crippen molar-refractivity contribution in [2.45, 2.75) is 189 Å². The molecule has 6 heterocycles. The molecule has 1 atom stereocenters. The lowest BCUT2D eigenvalue weighted by molar-refractivity contribution is 0.0913. The number of Topliss-reactive ketones (excluding diaryl/α,β-unsaturated/α-hetero) is 1. The van der Waals surface area contributed by atoms with Gasteiger partial charge >= 0.3 is 0 Å². The van der Waals surface area contributed by atoms with Crippen LogP contribution in [0.25, 0.3) is 59.5 Å². The van der Waals surface area contributed by atoms with Crippen LogP contribution >= 0.6 is 68.0 Å². The van der Waals surface area contributed by atoms with E-state index in [0.29, 0.717) is 5.78 Å². The Bertz CT molecular complexity index is 2490. The fourth-order valence-corrected chi connectivity index (χ4v) is 16.7. The van der Waals surface area contributed by atoms with Crippen LogP contribution in [0.2, 0.25) is 0 Å². The molecule has 1 unspecified atom stereocenters. The van der Waals surface area contributed by atoms with Gasteiger partial charge in [0.05, 0.1) is 19.3 Å². The summed E-state index contributed by atoms with van der Waals surface area (Å²) >= 11 is 11.7. The Hall–Kier alpha value is -2.13. The Morgan fingerprint density at radius 1 is 0.484 bits per heavy atom. The van der Waals surface area contributed by atoms with E-state index in [-0.39, 0.29) is 16.7 Å². The van der Waals surface area contributed by atoms with Crippen molar-refractivity contribution in [1.29, 1.82) is 0 Å². The highest BCUT2D eigenvalue weighted by Gasteiger charge is 2.28. The molecule has 0 radical (unpaired) electrons. The number of unbranched alkanes of at least 4 members (excludes halogenated alkanes) is 10. The second-order valence-electron chi connectivity index (χ2n) is 19.9. The van der Waals surface area contributed by atoms with E-state index in [9.17, 15) is 4.79 Å². The topological polar surface area (TPSA) is 17.1 Å². The fraction of sp³-hybridized carbons (Fsp3) is 0.545. The Morgan fingerprint density at radius 3 is 1.65 bits per heavy atom. The molecule has 0 saturated heterocycles. The van der Waals surface area contributed by atoms with E-state index in [1.807, 2.05) is 34.0 Å². The van der Waals surface area contributed by atoms with E-state index < -0.39 is 0 Å². The van der Waals surface area contributed by atoms with E-state index >= 15 is 0 Å². The summed E-state index contributed by atoms with van der Waals surface area (Å²) in [5.74, 6) is 0.431. The molecule has 0 spiro atoms. The van der Waals surface area contributed by atoms with Gasteiger partial charge in [-0.3, -0.25) is 4.79 Å². The molecule has 0 bridgehead atoms. The summed E-state index contributed by atoms with van der Waals surface area (Å²) in [6.07, 6.45) is 21.1. The van der Waals surface area contributed by atoms with Crippen LogP contribution in [0, 0.1) is 5.92 Å². The zero-order valence-corrected chi connectivity index (χ0v) is 44.4. The first-order chi connectivity index (χ1) is 29.8. The van der Waals surface area contributed by atoms with Crippen molar-refractivity contribution >= 4 is 104 Å². The van der Waals surface area contributed by atoms with Gasteiger partial charge in [-0.1, -0.05) is 140 Å². The zero-order chi connectivity index (χ0) is 44.2. The summed E-state index contributed by atoms with van der Waals surface area (Å²) in [5, 5.41) is 4.33. The van der Waals surface area contributed by atoms with Crippen LogP contribution in [0.5, 0.6) is 0 Å². The van der Waals surface area contributed by atoms with Crippen LogP contribution in [0.1, 0.15) is 196 Å². The quantitative estimate of drug-likeness (QED) is 0.0489. The van der Waals surface area contributed by atoms with Gasteiger partial charge in [0, 0.05) is 50.0 Å². The minimum Gasteiger partial charge on any atom is -0.293 e. The average molecular weight is 942 g/mol. The molecule has 6 aromatic heterocycles. The Balaban J connectivity index is 1.32. The van der Waals surface area contributed by atoms with Crippen LogP contribution in [-0.2, 0) is 23.7 Å². The molecule has 0 aliphatic rings. The standard InChI is InChI=1S/C55H72OS6/c1-11-15-17-19-21-23-26-36-38-32-44(59-49(38)37(27-24-22-20-18-16-12-2)39-34-47(55(8,9)10)61-50(36)39)41-28-29-43(57-41)53-52-40(33-45(60-52)48(56)35(14-4)25-13-3)51(62-53)42-30-31-46(58-42)54(5,6)7/h28-35H,11-27H2,1-10H3. The molecule has 0 N–H and O–H groups in total. The van der Waals surface area contributed by atoms with Gasteiger partial charge in [-0.25, -0.2) is 0 Å². The number of carbonyl (C=O) groups excluding carboxylic acids is 1. The number of fused-ring (bicyclic) bond motifs is 3. The lowest BCUT2D eigenvalue weighted by Crippen LogP contribution is -2.12. The van der Waals surface area contributed by atoms with Crippen molar-refractivity contribution in [3.8, 4) is 29.3 Å². The molecule has 0 amide bonds. The van der Waals surface area contributed by atoms with Crippen LogP contribution < -0.4 is 0 Å². The predicted molar refractivity (Wildman–Crippen MR) is 287 cm³/mol. The first kappa shape index (κ1) is 47.8. The summed E-state index contributed by atoms with van der Waals surface area (Å²) in [4.78, 5) is 25.9. The van der Waals surface area contributed by atoms with Gasteiger partial charge in [-0.15, -0.1) is 68.0 Å². The largest absolute Gasteiger partial charge is 0.293 e. The van der Waals surface area contributed by atoms with Crippen molar-refractivity contribution in [3.63, 3.8) is 0 Å². The summed E-state index contributed by atoms with van der Waals surface area (Å²) in [6, 6.07) is 16.9. The summed E-state index contributed by atoms with van der Waals surface area (Å²) in [7, 11) is 0. The normalized spacial score (nSPS) is 13.1. The second-order valence-corrected chi connectivity index (χ2v) is 26.2. The lowest BCUT2D eigenvalue weighted by Gasteiger charge is -2.15. The van der Waals surface area contributed by atoms with Gasteiger partial charge < -0.3 is 0 Å². The minimum atomic E-state index is 0.0982. The Kier molecular flexibility index (Phi) is 16.2. The molecule has 7 rings (SSSR count). The van der Waals surface area contributed by atoms with Gasteiger partial charge in [-0.05, 0) is 114 Å². The molecule has 334 valence electrons. The Morgan fingerprint density at radius 2 is 1.05 bits per heavy atom. The molecule has 0 aliphatic heterocycles. The Labute approximate surface area is 398 Å². The maximum Gasteiger partial charge on any atom is 0.175 e. The van der Waals surface area contributed by atoms with Gasteiger partial charge in [-0.2, -0.15) is 0 Å². The molecule has 7 heteroatoms. The highest BCUT2D eigenvalue weighted by Crippen LogP contribution is 2.53. The summed E-state index contributed by atoms with van der Waals surface area (Å²) < 4.78 is 4.40. The van der Waals surface area contributed by atoms with E-state index in [4.69, 9.17) is 0 Å². The molecule has 0 aliphatic carbocycles. The summed E-state index contributed by atoms with van der Waals surface area (Å²) in [6.45, 7) is 23.1. The molecule has 1 nitrogen and oxygen atoms in total. The van der Waals surface area contributed by atoms with Crippen LogP contribution in [0.15, 0.2) is 42.5 Å². The van der Waals surface area contributed by atoms with Crippen molar-refractivity contribution in [2.24, 2.45) is 5.92 Å². The first-order valence-corrected chi connectivity index (χ1v) is 29.0. The zero-order valence-electron chi connectivity index (χ0n) is 39.5. The number of carbonyl (C=O) groups is 1. The predicted octanol–water partition coefficient (Wildman–Crippen LogP) is 20.9. The van der Waals surface area contributed by atoms with Gasteiger partial charge in [0.2, 0.25) is 0 Å². The molecule has 62 heavy (non-hydrogen) atoms. The second kappa shape index (κ2) is 21.0. The third-order valence-corrected chi connectivity index (χ3v) is 21.2. The molecule has 7 aromatic rings. The number of thiophene rings is 6. The smallest absolute Gasteiger partial charge is 0.175 e. The molecular weight excluding hydrogens is 869 g/mol. The van der Waals surface area contributed by atoms with Gasteiger partial charge in [0.25, 0.3) is 0 Å². The SMILES string of the molecule is CCCCCCCCc1c2cc(C(C)(C)C)sc2c(CCCCCCCC)c2cc(-c3ccc(-c4sc(-c5ccc(C(C)(C)C)s5)c5cc(C(=O)C(CC)CCC)sc45)s3)sc12. The van der Waals surface area contributed by atoms with Crippen molar-refractivity contribution in [3.05, 3.63) is 68.2 Å². The third-order valence-electron chi connectivity index (χ3n) is 12.7. The number of hydrogen-bond donors (Lipinski definition) is 0. The number of benzene rings is 1. The maximum atomic E-state index is 14.0. The number of rotatable bonds is 22. The molecular formula is C55H72OS6. The molecule has 0 saturated carbocycles. The maximum absolute atomic E-state index is 14.0. The average Bonchev–Trinajstić information content (AvgIpc) is 4.09. The number of ketones is 1. The van der Waals surface area contributed by atoms with E-state index in [1.54, 1.807) is 37.2 Å². The highest BCUT2D eigenvalue weighted by atomic mass is 32.1. The summed E-state index contributed by atoms with van der Waals surface area (Å²) in [5.41, 5.74) is 3.46.